The third-order valence-electron chi connectivity index (χ3n) is 3.83. The maximum Gasteiger partial charge on any atom is 0.183 e. The molecule has 0 aromatic carbocycles. The van der Waals surface area contributed by atoms with Gasteiger partial charge in [-0.25, -0.2) is 0 Å². The second-order valence-electron chi connectivity index (χ2n) is 7.30. The first kappa shape index (κ1) is 20.1. The van der Waals surface area contributed by atoms with Crippen LogP contribution in [-0.2, 0) is 13.9 Å². The van der Waals surface area contributed by atoms with Gasteiger partial charge < -0.3 is 19.0 Å². The molecule has 0 radical (unpaired) electrons. The van der Waals surface area contributed by atoms with E-state index in [1.54, 1.807) is 0 Å². The van der Waals surface area contributed by atoms with Crippen molar-refractivity contribution >= 4 is 8.32 Å². The molecule has 4 nitrogen and oxygen atoms in total. The molecule has 1 saturated heterocycles. The molecule has 1 N–H and O–H groups in total. The SMILES string of the molecule is C[Si](C)(C)OCC(O)CCCCCCCOC1CCCCO1. The Morgan fingerprint density at radius 3 is 2.50 bits per heavy atom. The average molecular weight is 333 g/mol. The summed E-state index contributed by atoms with van der Waals surface area (Å²) in [7, 11) is -1.49. The Balaban J connectivity index is 1.83. The molecule has 0 aromatic heterocycles. The number of rotatable bonds is 12. The molecule has 132 valence electrons. The molecule has 0 aromatic rings. The van der Waals surface area contributed by atoms with E-state index < -0.39 is 8.32 Å². The summed E-state index contributed by atoms with van der Waals surface area (Å²) in [6, 6.07) is 0. The van der Waals surface area contributed by atoms with Crippen LogP contribution in [0.3, 0.4) is 0 Å². The first-order chi connectivity index (χ1) is 10.5. The van der Waals surface area contributed by atoms with Gasteiger partial charge in [0, 0.05) is 13.2 Å². The van der Waals surface area contributed by atoms with Crippen LogP contribution in [0.2, 0.25) is 19.6 Å². The summed E-state index contributed by atoms with van der Waals surface area (Å²) in [6.45, 7) is 8.64. The second-order valence-corrected chi connectivity index (χ2v) is 11.8. The minimum absolute atomic E-state index is 0.0512. The van der Waals surface area contributed by atoms with Gasteiger partial charge in [-0.1, -0.05) is 25.7 Å². The Morgan fingerprint density at radius 1 is 1.09 bits per heavy atom. The molecule has 5 heteroatoms. The summed E-state index contributed by atoms with van der Waals surface area (Å²) in [6.07, 6.45) is 9.88. The van der Waals surface area contributed by atoms with E-state index in [0.717, 1.165) is 38.9 Å². The lowest BCUT2D eigenvalue weighted by Gasteiger charge is -2.22. The van der Waals surface area contributed by atoms with Gasteiger partial charge in [0.25, 0.3) is 0 Å². The van der Waals surface area contributed by atoms with E-state index in [9.17, 15) is 5.11 Å². The first-order valence-corrected chi connectivity index (χ1v) is 12.4. The lowest BCUT2D eigenvalue weighted by Crippen LogP contribution is -2.30. The third-order valence-corrected chi connectivity index (χ3v) is 4.86. The Morgan fingerprint density at radius 2 is 1.82 bits per heavy atom. The highest BCUT2D eigenvalue weighted by molar-refractivity contribution is 6.69. The third kappa shape index (κ3) is 11.6. The molecule has 1 aliphatic rings. The number of hydrogen-bond donors (Lipinski definition) is 1. The van der Waals surface area contributed by atoms with Crippen LogP contribution in [0.1, 0.15) is 57.8 Å². The van der Waals surface area contributed by atoms with E-state index in [1.165, 1.54) is 32.1 Å². The molecule has 1 fully saturated rings. The van der Waals surface area contributed by atoms with E-state index in [1.807, 2.05) is 0 Å². The summed E-state index contributed by atoms with van der Waals surface area (Å²) < 4.78 is 17.0. The van der Waals surface area contributed by atoms with Crippen LogP contribution < -0.4 is 0 Å². The Bertz CT molecular complexity index is 262. The first-order valence-electron chi connectivity index (χ1n) is 9.02. The maximum atomic E-state index is 9.86. The zero-order chi connectivity index (χ0) is 16.3. The van der Waals surface area contributed by atoms with Crippen LogP contribution in [0, 0.1) is 0 Å². The van der Waals surface area contributed by atoms with E-state index >= 15 is 0 Å². The minimum atomic E-state index is -1.49. The van der Waals surface area contributed by atoms with Gasteiger partial charge in [0.15, 0.2) is 14.6 Å². The number of unbranched alkanes of at least 4 members (excludes halogenated alkanes) is 4. The van der Waals surface area contributed by atoms with E-state index in [4.69, 9.17) is 13.9 Å². The molecule has 0 amide bonds. The lowest BCUT2D eigenvalue weighted by molar-refractivity contribution is -0.162. The number of aliphatic hydroxyl groups excluding tert-OH is 1. The van der Waals surface area contributed by atoms with Crippen molar-refractivity contribution in [2.24, 2.45) is 0 Å². The van der Waals surface area contributed by atoms with Crippen LogP contribution in [0.25, 0.3) is 0 Å². The largest absolute Gasteiger partial charge is 0.415 e. The van der Waals surface area contributed by atoms with Crippen LogP contribution in [0.4, 0.5) is 0 Å². The van der Waals surface area contributed by atoms with Gasteiger partial charge in [-0.2, -0.15) is 0 Å². The van der Waals surface area contributed by atoms with Crippen molar-refractivity contribution < 1.29 is 19.0 Å². The van der Waals surface area contributed by atoms with Gasteiger partial charge >= 0.3 is 0 Å². The topological polar surface area (TPSA) is 47.9 Å². The molecule has 0 spiro atoms. The maximum absolute atomic E-state index is 9.86. The Hall–Kier alpha value is 0.0569. The van der Waals surface area contributed by atoms with Crippen molar-refractivity contribution in [2.75, 3.05) is 19.8 Å². The second kappa shape index (κ2) is 11.6. The molecule has 0 saturated carbocycles. The monoisotopic (exact) mass is 332 g/mol. The van der Waals surface area contributed by atoms with Crippen LogP contribution in [0.15, 0.2) is 0 Å². The Kier molecular flexibility index (Phi) is 10.6. The quantitative estimate of drug-likeness (QED) is 0.432. The highest BCUT2D eigenvalue weighted by atomic mass is 28.4. The number of hydrogen-bond acceptors (Lipinski definition) is 4. The smallest absolute Gasteiger partial charge is 0.183 e. The fourth-order valence-corrected chi connectivity index (χ4v) is 3.19. The van der Waals surface area contributed by atoms with E-state index in [-0.39, 0.29) is 12.4 Å². The summed E-state index contributed by atoms with van der Waals surface area (Å²) in [5.41, 5.74) is 0. The van der Waals surface area contributed by atoms with Crippen LogP contribution >= 0.6 is 0 Å². The minimum Gasteiger partial charge on any atom is -0.415 e. The summed E-state index contributed by atoms with van der Waals surface area (Å²) in [5, 5.41) is 9.86. The van der Waals surface area contributed by atoms with Crippen LogP contribution in [0.5, 0.6) is 0 Å². The van der Waals surface area contributed by atoms with Crippen LogP contribution in [-0.4, -0.2) is 45.6 Å². The highest BCUT2D eigenvalue weighted by Crippen LogP contribution is 2.15. The zero-order valence-corrected chi connectivity index (χ0v) is 15.8. The predicted molar refractivity (Wildman–Crippen MR) is 92.5 cm³/mol. The molecule has 0 bridgehead atoms. The van der Waals surface area contributed by atoms with Crippen molar-refractivity contribution in [2.45, 2.75) is 89.8 Å². The van der Waals surface area contributed by atoms with Gasteiger partial charge in [-0.3, -0.25) is 0 Å². The molecule has 2 unspecified atom stereocenters. The lowest BCUT2D eigenvalue weighted by atomic mass is 10.1. The zero-order valence-electron chi connectivity index (χ0n) is 14.8. The summed E-state index contributed by atoms with van der Waals surface area (Å²) in [4.78, 5) is 0. The van der Waals surface area contributed by atoms with Crippen molar-refractivity contribution in [1.29, 1.82) is 0 Å². The van der Waals surface area contributed by atoms with Gasteiger partial charge in [0.05, 0.1) is 12.7 Å². The molecule has 1 aliphatic heterocycles. The summed E-state index contributed by atoms with van der Waals surface area (Å²) >= 11 is 0. The molecule has 0 aliphatic carbocycles. The van der Waals surface area contributed by atoms with Crippen molar-refractivity contribution in [3.8, 4) is 0 Å². The van der Waals surface area contributed by atoms with E-state index in [2.05, 4.69) is 19.6 Å². The van der Waals surface area contributed by atoms with Crippen molar-refractivity contribution in [3.05, 3.63) is 0 Å². The van der Waals surface area contributed by atoms with Gasteiger partial charge in [-0.15, -0.1) is 0 Å². The standard InChI is InChI=1S/C17H36O4Si/c1-22(2,3)21-15-16(18)11-7-5-4-6-9-13-19-17-12-8-10-14-20-17/h16-18H,4-15H2,1-3H3. The van der Waals surface area contributed by atoms with Crippen molar-refractivity contribution in [1.82, 2.24) is 0 Å². The Labute approximate surface area is 137 Å². The molecule has 2 atom stereocenters. The van der Waals surface area contributed by atoms with Gasteiger partial charge in [0.2, 0.25) is 0 Å². The fraction of sp³-hybridized carbons (Fsp3) is 1.00. The number of ether oxygens (including phenoxy) is 2. The summed E-state index contributed by atoms with van der Waals surface area (Å²) in [5.74, 6) is 0. The fourth-order valence-electron chi connectivity index (χ4n) is 2.50. The van der Waals surface area contributed by atoms with Crippen molar-refractivity contribution in [3.63, 3.8) is 0 Å². The molecular weight excluding hydrogens is 296 g/mol. The predicted octanol–water partition coefficient (Wildman–Crippen LogP) is 4.08. The normalized spacial score (nSPS) is 21.0. The molecular formula is C17H36O4Si. The molecule has 1 heterocycles. The molecule has 1 rings (SSSR count). The average Bonchev–Trinajstić information content (AvgIpc) is 2.48. The van der Waals surface area contributed by atoms with E-state index in [0.29, 0.717) is 6.61 Å². The highest BCUT2D eigenvalue weighted by Gasteiger charge is 2.16. The molecule has 22 heavy (non-hydrogen) atoms. The van der Waals surface area contributed by atoms with Gasteiger partial charge in [0.1, 0.15) is 0 Å². The van der Waals surface area contributed by atoms with Gasteiger partial charge in [-0.05, 0) is 51.7 Å². The number of aliphatic hydroxyl groups is 1.